The zero-order valence-corrected chi connectivity index (χ0v) is 12.1. The Balaban J connectivity index is 1.51. The molecule has 1 aromatic rings. The summed E-state index contributed by atoms with van der Waals surface area (Å²) in [6, 6.07) is 1.84. The van der Waals surface area contributed by atoms with Gasteiger partial charge in [0.2, 0.25) is 5.91 Å². The van der Waals surface area contributed by atoms with E-state index in [2.05, 4.69) is 20.6 Å². The quantitative estimate of drug-likeness (QED) is 0.866. The van der Waals surface area contributed by atoms with Crippen LogP contribution in [-0.4, -0.2) is 45.8 Å². The molecule has 20 heavy (non-hydrogen) atoms. The SMILES string of the molecule is CC(=O)Nc1ccn(CN2CCC3(CCCN3)CC2)n1. The minimum absolute atomic E-state index is 0.0810. The molecule has 2 N–H and O–H groups in total. The van der Waals surface area contributed by atoms with Gasteiger partial charge in [-0.3, -0.25) is 14.4 Å². The summed E-state index contributed by atoms with van der Waals surface area (Å²) in [5.41, 5.74) is 0.419. The maximum absolute atomic E-state index is 11.0. The van der Waals surface area contributed by atoms with Gasteiger partial charge in [-0.25, -0.2) is 0 Å². The molecule has 110 valence electrons. The van der Waals surface area contributed by atoms with E-state index in [4.69, 9.17) is 0 Å². The molecule has 3 heterocycles. The Bertz CT molecular complexity index is 468. The lowest BCUT2D eigenvalue weighted by atomic mass is 9.86. The first-order valence-corrected chi connectivity index (χ1v) is 7.44. The third-order valence-electron chi connectivity index (χ3n) is 4.43. The van der Waals surface area contributed by atoms with Gasteiger partial charge in [0, 0.05) is 37.8 Å². The summed E-state index contributed by atoms with van der Waals surface area (Å²) < 4.78 is 1.89. The molecule has 0 aromatic carbocycles. The maximum Gasteiger partial charge on any atom is 0.222 e. The van der Waals surface area contributed by atoms with E-state index in [1.54, 1.807) is 0 Å². The summed E-state index contributed by atoms with van der Waals surface area (Å²) >= 11 is 0. The lowest BCUT2D eigenvalue weighted by molar-refractivity contribution is -0.114. The van der Waals surface area contributed by atoms with Crippen molar-refractivity contribution < 1.29 is 4.79 Å². The predicted octanol–water partition coefficient (Wildman–Crippen LogP) is 1.02. The number of amides is 1. The third kappa shape index (κ3) is 3.02. The van der Waals surface area contributed by atoms with Gasteiger partial charge in [0.1, 0.15) is 0 Å². The average Bonchev–Trinajstić information content (AvgIpc) is 3.02. The van der Waals surface area contributed by atoms with Gasteiger partial charge in [0.25, 0.3) is 0 Å². The zero-order chi connectivity index (χ0) is 14.0. The van der Waals surface area contributed by atoms with Crippen molar-refractivity contribution in [3.63, 3.8) is 0 Å². The minimum atomic E-state index is -0.0810. The Labute approximate surface area is 119 Å². The molecule has 6 heteroatoms. The molecule has 2 aliphatic rings. The first-order valence-electron chi connectivity index (χ1n) is 7.44. The molecule has 2 saturated heterocycles. The fourth-order valence-corrected chi connectivity index (χ4v) is 3.31. The number of rotatable bonds is 3. The number of piperidine rings is 1. The highest BCUT2D eigenvalue weighted by molar-refractivity contribution is 5.87. The van der Waals surface area contributed by atoms with E-state index in [-0.39, 0.29) is 5.91 Å². The van der Waals surface area contributed by atoms with Crippen LogP contribution in [0.15, 0.2) is 12.3 Å². The fourth-order valence-electron chi connectivity index (χ4n) is 3.31. The monoisotopic (exact) mass is 277 g/mol. The zero-order valence-electron chi connectivity index (χ0n) is 12.1. The van der Waals surface area contributed by atoms with Crippen LogP contribution in [0, 0.1) is 0 Å². The molecule has 2 aliphatic heterocycles. The van der Waals surface area contributed by atoms with Gasteiger partial charge in [-0.15, -0.1) is 0 Å². The summed E-state index contributed by atoms with van der Waals surface area (Å²) in [4.78, 5) is 13.4. The van der Waals surface area contributed by atoms with Gasteiger partial charge in [0.15, 0.2) is 5.82 Å². The summed E-state index contributed by atoms with van der Waals surface area (Å²) in [6.07, 6.45) is 7.03. The molecule has 0 bridgehead atoms. The molecular weight excluding hydrogens is 254 g/mol. The summed E-state index contributed by atoms with van der Waals surface area (Å²) in [5, 5.41) is 10.7. The van der Waals surface area contributed by atoms with E-state index in [1.165, 1.54) is 39.2 Å². The second-order valence-electron chi connectivity index (χ2n) is 5.99. The lowest BCUT2D eigenvalue weighted by Crippen LogP contribution is -2.50. The maximum atomic E-state index is 11.0. The second-order valence-corrected chi connectivity index (χ2v) is 5.99. The Morgan fingerprint density at radius 3 is 2.90 bits per heavy atom. The van der Waals surface area contributed by atoms with E-state index < -0.39 is 0 Å². The number of anilines is 1. The Hall–Kier alpha value is -1.40. The number of aromatic nitrogens is 2. The van der Waals surface area contributed by atoms with Crippen LogP contribution < -0.4 is 10.6 Å². The Morgan fingerprint density at radius 1 is 1.45 bits per heavy atom. The normalized spacial score (nSPS) is 22.2. The largest absolute Gasteiger partial charge is 0.311 e. The van der Waals surface area contributed by atoms with Crippen molar-refractivity contribution in [2.45, 2.75) is 44.8 Å². The standard InChI is InChI=1S/C14H23N5O/c1-12(20)16-13-3-8-19(17-13)11-18-9-5-14(6-10-18)4-2-7-15-14/h3,8,15H,2,4-7,9-11H2,1H3,(H,16,17,20). The van der Waals surface area contributed by atoms with Gasteiger partial charge in [-0.2, -0.15) is 5.10 Å². The number of likely N-dealkylation sites (tertiary alicyclic amines) is 1. The minimum Gasteiger partial charge on any atom is -0.311 e. The molecule has 0 aliphatic carbocycles. The first kappa shape index (κ1) is 13.6. The molecule has 6 nitrogen and oxygen atoms in total. The van der Waals surface area contributed by atoms with Crippen molar-refractivity contribution in [1.29, 1.82) is 0 Å². The van der Waals surface area contributed by atoms with E-state index in [0.717, 1.165) is 19.8 Å². The fraction of sp³-hybridized carbons (Fsp3) is 0.714. The van der Waals surface area contributed by atoms with E-state index in [1.807, 2.05) is 16.9 Å². The van der Waals surface area contributed by atoms with Crippen molar-refractivity contribution in [2.24, 2.45) is 0 Å². The number of hydrogen-bond acceptors (Lipinski definition) is 4. The van der Waals surface area contributed by atoms with Crippen LogP contribution in [0.5, 0.6) is 0 Å². The van der Waals surface area contributed by atoms with E-state index in [9.17, 15) is 4.79 Å². The molecule has 0 saturated carbocycles. The smallest absolute Gasteiger partial charge is 0.222 e. The van der Waals surface area contributed by atoms with Gasteiger partial charge in [-0.1, -0.05) is 0 Å². The number of carbonyl (C=O) groups is 1. The van der Waals surface area contributed by atoms with Gasteiger partial charge < -0.3 is 10.6 Å². The van der Waals surface area contributed by atoms with Crippen molar-refractivity contribution in [3.8, 4) is 0 Å². The van der Waals surface area contributed by atoms with Crippen molar-refractivity contribution in [2.75, 3.05) is 25.0 Å². The predicted molar refractivity (Wildman–Crippen MR) is 77.3 cm³/mol. The second kappa shape index (κ2) is 5.54. The molecule has 1 spiro atoms. The molecule has 0 unspecified atom stereocenters. The molecule has 3 rings (SSSR count). The molecule has 1 amide bonds. The Morgan fingerprint density at radius 2 is 2.25 bits per heavy atom. The van der Waals surface area contributed by atoms with Gasteiger partial charge >= 0.3 is 0 Å². The topological polar surface area (TPSA) is 62.2 Å². The van der Waals surface area contributed by atoms with Crippen molar-refractivity contribution >= 4 is 11.7 Å². The molecule has 2 fully saturated rings. The van der Waals surface area contributed by atoms with E-state index >= 15 is 0 Å². The van der Waals surface area contributed by atoms with Gasteiger partial charge in [0.05, 0.1) is 6.67 Å². The van der Waals surface area contributed by atoms with Crippen LogP contribution in [0.3, 0.4) is 0 Å². The summed E-state index contributed by atoms with van der Waals surface area (Å²) in [7, 11) is 0. The number of hydrogen-bond donors (Lipinski definition) is 2. The van der Waals surface area contributed by atoms with Crippen LogP contribution >= 0.6 is 0 Å². The van der Waals surface area contributed by atoms with Crippen LogP contribution in [0.4, 0.5) is 5.82 Å². The highest BCUT2D eigenvalue weighted by atomic mass is 16.1. The highest BCUT2D eigenvalue weighted by Crippen LogP contribution is 2.30. The van der Waals surface area contributed by atoms with Crippen molar-refractivity contribution in [1.82, 2.24) is 20.0 Å². The highest BCUT2D eigenvalue weighted by Gasteiger charge is 2.36. The molecule has 0 radical (unpaired) electrons. The molecule has 1 aromatic heterocycles. The van der Waals surface area contributed by atoms with Crippen LogP contribution in [-0.2, 0) is 11.5 Å². The Kier molecular flexibility index (Phi) is 3.76. The number of carbonyl (C=O) groups excluding carboxylic acids is 1. The van der Waals surface area contributed by atoms with Crippen LogP contribution in [0.25, 0.3) is 0 Å². The molecular formula is C14H23N5O. The van der Waals surface area contributed by atoms with E-state index in [0.29, 0.717) is 11.4 Å². The lowest BCUT2D eigenvalue weighted by Gasteiger charge is -2.39. The summed E-state index contributed by atoms with van der Waals surface area (Å²) in [5.74, 6) is 0.547. The third-order valence-corrected chi connectivity index (χ3v) is 4.43. The van der Waals surface area contributed by atoms with Crippen LogP contribution in [0.1, 0.15) is 32.6 Å². The molecule has 0 atom stereocenters. The van der Waals surface area contributed by atoms with Gasteiger partial charge in [-0.05, 0) is 32.2 Å². The number of nitrogens with one attached hydrogen (secondary N) is 2. The summed E-state index contributed by atoms with van der Waals surface area (Å²) in [6.45, 7) is 5.71. The van der Waals surface area contributed by atoms with Crippen molar-refractivity contribution in [3.05, 3.63) is 12.3 Å². The number of nitrogens with zero attached hydrogens (tertiary/aromatic N) is 3. The first-order chi connectivity index (χ1) is 9.65. The average molecular weight is 277 g/mol. The van der Waals surface area contributed by atoms with Crippen LogP contribution in [0.2, 0.25) is 0 Å².